The van der Waals surface area contributed by atoms with Gasteiger partial charge in [-0.1, -0.05) is 15.9 Å². The highest BCUT2D eigenvalue weighted by molar-refractivity contribution is 9.10. The van der Waals surface area contributed by atoms with Crippen LogP contribution in [0.2, 0.25) is 0 Å². The summed E-state index contributed by atoms with van der Waals surface area (Å²) in [5.41, 5.74) is 3.63. The van der Waals surface area contributed by atoms with Crippen molar-refractivity contribution in [1.29, 1.82) is 0 Å². The number of likely N-dealkylation sites (tertiary alicyclic amines) is 1. The van der Waals surface area contributed by atoms with E-state index in [9.17, 15) is 4.79 Å². The summed E-state index contributed by atoms with van der Waals surface area (Å²) in [6.07, 6.45) is 1.63. The van der Waals surface area contributed by atoms with Crippen LogP contribution < -0.4 is 5.32 Å². The van der Waals surface area contributed by atoms with Crippen LogP contribution in [0.3, 0.4) is 0 Å². The van der Waals surface area contributed by atoms with Gasteiger partial charge in [0.2, 0.25) is 0 Å². The average Bonchev–Trinajstić information content (AvgIpc) is 2.42. The molecule has 0 atom stereocenters. The van der Waals surface area contributed by atoms with E-state index in [4.69, 9.17) is 4.74 Å². The highest BCUT2D eigenvalue weighted by Crippen LogP contribution is 2.23. The number of rotatable bonds is 3. The van der Waals surface area contributed by atoms with Gasteiger partial charge in [0.1, 0.15) is 5.60 Å². The Morgan fingerprint density at radius 1 is 1.25 bits per heavy atom. The fourth-order valence-corrected chi connectivity index (χ4v) is 3.81. The molecule has 0 saturated carbocycles. The maximum atomic E-state index is 11.9. The second-order valence-electron chi connectivity index (χ2n) is 7.71. The number of ether oxygens (including phenoxy) is 1. The molecule has 1 saturated heterocycles. The van der Waals surface area contributed by atoms with Gasteiger partial charge in [0.25, 0.3) is 0 Å². The molecule has 0 aromatic heterocycles. The van der Waals surface area contributed by atoms with E-state index in [0.717, 1.165) is 36.9 Å². The number of nitrogens with zero attached hydrogens (tertiary/aromatic N) is 1. The Balaban J connectivity index is 1.84. The van der Waals surface area contributed by atoms with Crippen molar-refractivity contribution in [3.63, 3.8) is 0 Å². The number of piperidine rings is 1. The van der Waals surface area contributed by atoms with Crippen molar-refractivity contribution in [2.45, 2.75) is 65.6 Å². The lowest BCUT2D eigenvalue weighted by Crippen LogP contribution is -2.45. The van der Waals surface area contributed by atoms with E-state index >= 15 is 0 Å². The van der Waals surface area contributed by atoms with Crippen molar-refractivity contribution in [3.8, 4) is 0 Å². The van der Waals surface area contributed by atoms with Crippen LogP contribution in [0, 0.1) is 13.8 Å². The lowest BCUT2D eigenvalue weighted by molar-refractivity contribution is 0.0477. The van der Waals surface area contributed by atoms with E-state index in [2.05, 4.69) is 52.1 Å². The zero-order valence-electron chi connectivity index (χ0n) is 15.4. The molecule has 4 nitrogen and oxygen atoms in total. The first kappa shape index (κ1) is 19.3. The zero-order valence-corrected chi connectivity index (χ0v) is 17.0. The lowest BCUT2D eigenvalue weighted by Gasteiger charge is -2.33. The zero-order chi connectivity index (χ0) is 17.9. The van der Waals surface area contributed by atoms with Crippen LogP contribution in [0.25, 0.3) is 0 Å². The molecule has 1 aliphatic rings. The van der Waals surface area contributed by atoms with Crippen LogP contribution in [-0.4, -0.2) is 35.7 Å². The predicted molar refractivity (Wildman–Crippen MR) is 101 cm³/mol. The Morgan fingerprint density at radius 2 is 1.79 bits per heavy atom. The van der Waals surface area contributed by atoms with E-state index < -0.39 is 5.60 Å². The van der Waals surface area contributed by atoms with E-state index in [-0.39, 0.29) is 12.1 Å². The van der Waals surface area contributed by atoms with E-state index in [1.54, 1.807) is 0 Å². The van der Waals surface area contributed by atoms with Gasteiger partial charge in [-0.15, -0.1) is 0 Å². The normalized spacial score (nSPS) is 16.9. The number of carbonyl (C=O) groups is 1. The number of alkyl carbamates (subject to hydrolysis) is 1. The number of amides is 1. The Kier molecular flexibility index (Phi) is 6.32. The number of hydrogen-bond acceptors (Lipinski definition) is 3. The molecule has 0 radical (unpaired) electrons. The van der Waals surface area contributed by atoms with Gasteiger partial charge in [-0.3, -0.25) is 4.90 Å². The standard InChI is InChI=1S/C19H29BrN2O2/c1-13-10-15(20)11-14(2)17(13)12-22-8-6-16(7-9-22)21-18(23)24-19(3,4)5/h10-11,16H,6-9,12H2,1-5H3,(H,21,23). The molecule has 1 fully saturated rings. The molecule has 5 heteroatoms. The molecule has 1 aliphatic heterocycles. The number of hydrogen-bond donors (Lipinski definition) is 1. The minimum absolute atomic E-state index is 0.211. The summed E-state index contributed by atoms with van der Waals surface area (Å²) < 4.78 is 6.48. The molecule has 2 rings (SSSR count). The van der Waals surface area contributed by atoms with Crippen LogP contribution in [0.15, 0.2) is 16.6 Å². The van der Waals surface area contributed by atoms with Gasteiger partial charge in [0, 0.05) is 30.1 Å². The topological polar surface area (TPSA) is 41.6 Å². The third-order valence-electron chi connectivity index (χ3n) is 4.35. The minimum Gasteiger partial charge on any atom is -0.444 e. The molecule has 0 bridgehead atoms. The molecular formula is C19H29BrN2O2. The first-order valence-electron chi connectivity index (χ1n) is 8.61. The molecule has 1 aromatic rings. The van der Waals surface area contributed by atoms with Gasteiger partial charge in [-0.25, -0.2) is 4.79 Å². The third-order valence-corrected chi connectivity index (χ3v) is 4.81. The first-order chi connectivity index (χ1) is 11.1. The molecule has 24 heavy (non-hydrogen) atoms. The van der Waals surface area contributed by atoms with Gasteiger partial charge in [0.15, 0.2) is 0 Å². The first-order valence-corrected chi connectivity index (χ1v) is 9.41. The van der Waals surface area contributed by atoms with Crippen LogP contribution in [0.1, 0.15) is 50.3 Å². The Hall–Kier alpha value is -1.07. The number of aryl methyl sites for hydroxylation is 2. The molecule has 0 spiro atoms. The van der Waals surface area contributed by atoms with Crippen molar-refractivity contribution < 1.29 is 9.53 Å². The summed E-state index contributed by atoms with van der Waals surface area (Å²) in [5.74, 6) is 0. The SMILES string of the molecule is Cc1cc(Br)cc(C)c1CN1CCC(NC(=O)OC(C)(C)C)CC1. The summed E-state index contributed by atoms with van der Waals surface area (Å²) in [4.78, 5) is 14.3. The quantitative estimate of drug-likeness (QED) is 0.813. The van der Waals surface area contributed by atoms with Crippen molar-refractivity contribution in [2.75, 3.05) is 13.1 Å². The molecule has 1 N–H and O–H groups in total. The monoisotopic (exact) mass is 396 g/mol. The Labute approximate surface area is 154 Å². The van der Waals surface area contributed by atoms with E-state index in [1.807, 2.05) is 20.8 Å². The average molecular weight is 397 g/mol. The number of halogens is 1. The summed E-state index contributed by atoms with van der Waals surface area (Å²) >= 11 is 3.56. The lowest BCUT2D eigenvalue weighted by atomic mass is 10.00. The number of nitrogens with one attached hydrogen (secondary N) is 1. The molecular weight excluding hydrogens is 368 g/mol. The van der Waals surface area contributed by atoms with Gasteiger partial charge >= 0.3 is 6.09 Å². The summed E-state index contributed by atoms with van der Waals surface area (Å²) in [6.45, 7) is 13.0. The maximum absolute atomic E-state index is 11.9. The van der Waals surface area contributed by atoms with E-state index in [0.29, 0.717) is 0 Å². The van der Waals surface area contributed by atoms with Crippen molar-refractivity contribution in [2.24, 2.45) is 0 Å². The minimum atomic E-state index is -0.443. The highest BCUT2D eigenvalue weighted by Gasteiger charge is 2.24. The molecule has 0 unspecified atom stereocenters. The summed E-state index contributed by atoms with van der Waals surface area (Å²) in [6, 6.07) is 4.57. The molecule has 1 heterocycles. The van der Waals surface area contributed by atoms with Crippen molar-refractivity contribution >= 4 is 22.0 Å². The van der Waals surface area contributed by atoms with E-state index in [1.165, 1.54) is 16.7 Å². The van der Waals surface area contributed by atoms with Gasteiger partial charge in [0.05, 0.1) is 0 Å². The van der Waals surface area contributed by atoms with Crippen LogP contribution >= 0.6 is 15.9 Å². The summed E-state index contributed by atoms with van der Waals surface area (Å²) in [5, 5.41) is 3.00. The molecule has 134 valence electrons. The van der Waals surface area contributed by atoms with Crippen LogP contribution in [0.5, 0.6) is 0 Å². The van der Waals surface area contributed by atoms with Crippen molar-refractivity contribution in [1.82, 2.24) is 10.2 Å². The number of benzene rings is 1. The maximum Gasteiger partial charge on any atom is 0.407 e. The highest BCUT2D eigenvalue weighted by atomic mass is 79.9. The molecule has 1 aromatic carbocycles. The van der Waals surface area contributed by atoms with Crippen LogP contribution in [0.4, 0.5) is 4.79 Å². The summed E-state index contributed by atoms with van der Waals surface area (Å²) in [7, 11) is 0. The number of carbonyl (C=O) groups excluding carboxylic acids is 1. The molecule has 0 aliphatic carbocycles. The second-order valence-corrected chi connectivity index (χ2v) is 8.63. The van der Waals surface area contributed by atoms with Gasteiger partial charge in [-0.2, -0.15) is 0 Å². The third kappa shape index (κ3) is 5.78. The van der Waals surface area contributed by atoms with Crippen LogP contribution in [-0.2, 0) is 11.3 Å². The fraction of sp³-hybridized carbons (Fsp3) is 0.632. The van der Waals surface area contributed by atoms with Gasteiger partial charge < -0.3 is 10.1 Å². The van der Waals surface area contributed by atoms with Crippen molar-refractivity contribution in [3.05, 3.63) is 33.3 Å². The Bertz CT molecular complexity index is 565. The Morgan fingerprint density at radius 3 is 2.29 bits per heavy atom. The molecule has 1 amide bonds. The predicted octanol–water partition coefficient (Wildman–Crippen LogP) is 4.56. The fourth-order valence-electron chi connectivity index (χ4n) is 3.12. The van der Waals surface area contributed by atoms with Gasteiger partial charge in [-0.05, 0) is 76.3 Å². The smallest absolute Gasteiger partial charge is 0.407 e. The second kappa shape index (κ2) is 7.87. The largest absolute Gasteiger partial charge is 0.444 e.